The summed E-state index contributed by atoms with van der Waals surface area (Å²) in [6.45, 7) is 0. The van der Waals surface area contributed by atoms with Crippen LogP contribution < -0.4 is 0 Å². The minimum atomic E-state index is 0.447. The summed E-state index contributed by atoms with van der Waals surface area (Å²) in [5.74, 6) is 1.53. The van der Waals surface area contributed by atoms with Gasteiger partial charge in [0, 0.05) is 34.2 Å². The Morgan fingerprint density at radius 3 is 1.76 bits per heavy atom. The van der Waals surface area contributed by atoms with Crippen molar-refractivity contribution in [3.63, 3.8) is 0 Å². The van der Waals surface area contributed by atoms with Crippen LogP contribution in [0.3, 0.4) is 0 Å². The van der Waals surface area contributed by atoms with Crippen molar-refractivity contribution in [2.75, 3.05) is 0 Å². The molecule has 6 nitrogen and oxygen atoms in total. The van der Waals surface area contributed by atoms with Crippen LogP contribution >= 0.6 is 0 Å². The standard InChI is InChI=1S/C45H27N5O/c46-27-29-10-7-15-34(24-29)31-20-22-33(23-21-31)44-48-43(32-13-5-2-6-14-32)49-45(50-44)39-26-41-38(28-47-39)42-37(18-9-19-40(42)51-41)36-17-8-16-35(25-36)30-11-3-1-4-12-30/h1-26,28H. The molecule has 0 aliphatic carbocycles. The van der Waals surface area contributed by atoms with Crippen molar-refractivity contribution in [1.82, 2.24) is 19.9 Å². The molecule has 238 valence electrons. The number of pyridine rings is 1. The van der Waals surface area contributed by atoms with Crippen molar-refractivity contribution in [2.24, 2.45) is 0 Å². The SMILES string of the molecule is N#Cc1cccc(-c2ccc(-c3nc(-c4ccccc4)nc(-c4cc5oc6cccc(-c7cccc(-c8ccccc8)c7)c6c5cn4)n3)cc2)c1. The number of hydrogen-bond acceptors (Lipinski definition) is 6. The van der Waals surface area contributed by atoms with Crippen molar-refractivity contribution in [3.05, 3.63) is 169 Å². The van der Waals surface area contributed by atoms with Crippen LogP contribution in [0.25, 0.3) is 89.6 Å². The van der Waals surface area contributed by atoms with Gasteiger partial charge in [0.05, 0.1) is 11.6 Å². The summed E-state index contributed by atoms with van der Waals surface area (Å²) in [6.07, 6.45) is 1.86. The summed E-state index contributed by atoms with van der Waals surface area (Å²) in [7, 11) is 0. The van der Waals surface area contributed by atoms with Gasteiger partial charge in [-0.3, -0.25) is 4.98 Å². The van der Waals surface area contributed by atoms with Crippen LogP contribution in [-0.2, 0) is 0 Å². The van der Waals surface area contributed by atoms with Crippen LogP contribution in [-0.4, -0.2) is 19.9 Å². The normalized spacial score (nSPS) is 11.1. The Kier molecular flexibility index (Phi) is 7.42. The second kappa shape index (κ2) is 12.7. The Bertz CT molecular complexity index is 2750. The monoisotopic (exact) mass is 653 g/mol. The lowest BCUT2D eigenvalue weighted by molar-refractivity contribution is 0.668. The van der Waals surface area contributed by atoms with Gasteiger partial charge in [0.1, 0.15) is 16.9 Å². The van der Waals surface area contributed by atoms with Gasteiger partial charge in [-0.05, 0) is 57.6 Å². The molecule has 0 aliphatic rings. The Morgan fingerprint density at radius 2 is 1.02 bits per heavy atom. The van der Waals surface area contributed by atoms with Gasteiger partial charge in [0.25, 0.3) is 0 Å². The van der Waals surface area contributed by atoms with Crippen LogP contribution in [0.4, 0.5) is 0 Å². The molecule has 0 N–H and O–H groups in total. The van der Waals surface area contributed by atoms with E-state index in [9.17, 15) is 5.26 Å². The van der Waals surface area contributed by atoms with E-state index >= 15 is 0 Å². The summed E-state index contributed by atoms with van der Waals surface area (Å²) in [6, 6.07) is 54.7. The van der Waals surface area contributed by atoms with E-state index in [1.807, 2.05) is 103 Å². The van der Waals surface area contributed by atoms with Crippen molar-refractivity contribution >= 4 is 21.9 Å². The maximum Gasteiger partial charge on any atom is 0.182 e. The van der Waals surface area contributed by atoms with Crippen LogP contribution in [0.15, 0.2) is 168 Å². The summed E-state index contributed by atoms with van der Waals surface area (Å²) < 4.78 is 6.46. The average molecular weight is 654 g/mol. The zero-order valence-electron chi connectivity index (χ0n) is 27.2. The third-order valence-electron chi connectivity index (χ3n) is 9.03. The lowest BCUT2D eigenvalue weighted by Gasteiger charge is -2.09. The molecule has 51 heavy (non-hydrogen) atoms. The Balaban J connectivity index is 1.13. The number of rotatable bonds is 6. The van der Waals surface area contributed by atoms with Crippen LogP contribution in [0, 0.1) is 11.3 Å². The van der Waals surface area contributed by atoms with Gasteiger partial charge >= 0.3 is 0 Å². The van der Waals surface area contributed by atoms with E-state index in [0.717, 1.165) is 55.3 Å². The highest BCUT2D eigenvalue weighted by Gasteiger charge is 2.18. The van der Waals surface area contributed by atoms with E-state index in [2.05, 4.69) is 60.7 Å². The van der Waals surface area contributed by atoms with Crippen LogP contribution in [0.2, 0.25) is 0 Å². The average Bonchev–Trinajstić information content (AvgIpc) is 3.60. The second-order valence-electron chi connectivity index (χ2n) is 12.2. The van der Waals surface area contributed by atoms with Crippen molar-refractivity contribution in [1.29, 1.82) is 5.26 Å². The topological polar surface area (TPSA) is 88.5 Å². The molecular weight excluding hydrogens is 627 g/mol. The molecule has 0 atom stereocenters. The first-order valence-electron chi connectivity index (χ1n) is 16.6. The molecule has 0 saturated carbocycles. The van der Waals surface area contributed by atoms with Gasteiger partial charge in [0.15, 0.2) is 17.5 Å². The molecule has 0 spiro atoms. The lowest BCUT2D eigenvalue weighted by atomic mass is 9.96. The zero-order valence-corrected chi connectivity index (χ0v) is 27.2. The number of hydrogen-bond donors (Lipinski definition) is 0. The molecule has 6 aromatic carbocycles. The molecular formula is C45H27N5O. The predicted octanol–water partition coefficient (Wildman–Crippen LogP) is 11.0. The molecule has 0 bridgehead atoms. The van der Waals surface area contributed by atoms with E-state index in [0.29, 0.717) is 34.3 Å². The van der Waals surface area contributed by atoms with Gasteiger partial charge in [-0.1, -0.05) is 127 Å². The molecule has 0 amide bonds. The molecule has 0 radical (unpaired) electrons. The number of nitrogens with zero attached hydrogens (tertiary/aromatic N) is 5. The fraction of sp³-hybridized carbons (Fsp3) is 0. The Morgan fingerprint density at radius 1 is 0.451 bits per heavy atom. The minimum Gasteiger partial charge on any atom is -0.456 e. The summed E-state index contributed by atoms with van der Waals surface area (Å²) in [4.78, 5) is 19.6. The highest BCUT2D eigenvalue weighted by molar-refractivity contribution is 6.12. The third-order valence-corrected chi connectivity index (χ3v) is 9.03. The quantitative estimate of drug-likeness (QED) is 0.177. The Labute approximate surface area is 294 Å². The molecule has 9 aromatic rings. The Hall–Kier alpha value is -7.23. The molecule has 3 aromatic heterocycles. The minimum absolute atomic E-state index is 0.447. The van der Waals surface area contributed by atoms with Crippen molar-refractivity contribution in [3.8, 4) is 73.7 Å². The van der Waals surface area contributed by atoms with E-state index in [4.69, 9.17) is 24.4 Å². The highest BCUT2D eigenvalue weighted by Crippen LogP contribution is 2.38. The lowest BCUT2D eigenvalue weighted by Crippen LogP contribution is -2.01. The van der Waals surface area contributed by atoms with Gasteiger partial charge in [-0.25, -0.2) is 15.0 Å². The van der Waals surface area contributed by atoms with Crippen LogP contribution in [0.1, 0.15) is 5.56 Å². The van der Waals surface area contributed by atoms with Crippen LogP contribution in [0.5, 0.6) is 0 Å². The zero-order chi connectivity index (χ0) is 34.1. The summed E-state index contributed by atoms with van der Waals surface area (Å²) in [5, 5.41) is 11.3. The van der Waals surface area contributed by atoms with E-state index in [1.54, 1.807) is 6.07 Å². The van der Waals surface area contributed by atoms with Gasteiger partial charge in [0.2, 0.25) is 0 Å². The molecule has 3 heterocycles. The number of aromatic nitrogens is 4. The first kappa shape index (κ1) is 29.9. The number of nitriles is 1. The fourth-order valence-corrected chi connectivity index (χ4v) is 6.50. The molecule has 6 heteroatoms. The highest BCUT2D eigenvalue weighted by atomic mass is 16.3. The van der Waals surface area contributed by atoms with E-state index in [-0.39, 0.29) is 0 Å². The molecule has 0 saturated heterocycles. The van der Waals surface area contributed by atoms with Crippen molar-refractivity contribution in [2.45, 2.75) is 0 Å². The van der Waals surface area contributed by atoms with E-state index < -0.39 is 0 Å². The summed E-state index contributed by atoms with van der Waals surface area (Å²) >= 11 is 0. The third kappa shape index (κ3) is 5.69. The maximum atomic E-state index is 9.36. The second-order valence-corrected chi connectivity index (χ2v) is 12.2. The number of fused-ring (bicyclic) bond motifs is 3. The maximum absolute atomic E-state index is 9.36. The molecule has 0 unspecified atom stereocenters. The number of benzene rings is 6. The summed E-state index contributed by atoms with van der Waals surface area (Å²) in [5.41, 5.74) is 10.9. The smallest absolute Gasteiger partial charge is 0.182 e. The van der Waals surface area contributed by atoms with Gasteiger partial charge in [-0.15, -0.1) is 0 Å². The molecule has 0 aliphatic heterocycles. The van der Waals surface area contributed by atoms with Crippen molar-refractivity contribution < 1.29 is 4.42 Å². The number of furan rings is 1. The first-order valence-corrected chi connectivity index (χ1v) is 16.6. The first-order chi connectivity index (χ1) is 25.2. The fourth-order valence-electron chi connectivity index (χ4n) is 6.50. The van der Waals surface area contributed by atoms with Gasteiger partial charge < -0.3 is 4.42 Å². The van der Waals surface area contributed by atoms with E-state index in [1.165, 1.54) is 5.56 Å². The van der Waals surface area contributed by atoms with Gasteiger partial charge in [-0.2, -0.15) is 5.26 Å². The molecule has 9 rings (SSSR count). The largest absolute Gasteiger partial charge is 0.456 e. The predicted molar refractivity (Wildman–Crippen MR) is 202 cm³/mol. The molecule has 0 fully saturated rings.